The monoisotopic (exact) mass is 375 g/mol. The third kappa shape index (κ3) is 3.40. The minimum Gasteiger partial charge on any atom is -0.461 e. The van der Waals surface area contributed by atoms with Crippen LogP contribution in [-0.4, -0.2) is 53.2 Å². The van der Waals surface area contributed by atoms with E-state index < -0.39 is 0 Å². The predicted molar refractivity (Wildman–Crippen MR) is 102 cm³/mol. The Morgan fingerprint density at radius 2 is 2.00 bits per heavy atom. The van der Waals surface area contributed by atoms with Gasteiger partial charge in [-0.15, -0.1) is 12.4 Å². The smallest absolute Gasteiger partial charge is 0.357 e. The lowest BCUT2D eigenvalue weighted by molar-refractivity contribution is 0.0331. The van der Waals surface area contributed by atoms with Gasteiger partial charge >= 0.3 is 5.97 Å². The van der Waals surface area contributed by atoms with Gasteiger partial charge in [0.2, 0.25) is 0 Å². The Balaban J connectivity index is 0.00000196. The van der Waals surface area contributed by atoms with E-state index in [-0.39, 0.29) is 18.4 Å². The molecular formula is C19H22ClN3O3. The molecule has 4 rings (SSSR count). The van der Waals surface area contributed by atoms with Gasteiger partial charge in [0.05, 0.1) is 25.5 Å². The van der Waals surface area contributed by atoms with E-state index in [1.165, 1.54) is 0 Å². The van der Waals surface area contributed by atoms with Crippen LogP contribution in [-0.2, 0) is 16.0 Å². The number of pyridine rings is 1. The van der Waals surface area contributed by atoms with Crippen molar-refractivity contribution in [2.24, 2.45) is 0 Å². The Kier molecular flexibility index (Phi) is 5.76. The number of hydrogen-bond acceptors (Lipinski definition) is 5. The number of rotatable bonds is 4. The fourth-order valence-corrected chi connectivity index (χ4v) is 3.31. The van der Waals surface area contributed by atoms with Crippen LogP contribution in [0.2, 0.25) is 0 Å². The molecule has 0 atom stereocenters. The van der Waals surface area contributed by atoms with Gasteiger partial charge in [-0.2, -0.15) is 0 Å². The standard InChI is InChI=1S/C19H21N3O3.ClH/c1-2-25-19(23)17-16(13-21-9-11-24-12-10-21)20-18-15-6-4-3-5-14(15)7-8-22(17)18;/h3-8H,2,9-13H2,1H3;1H. The average molecular weight is 376 g/mol. The number of halogens is 1. The van der Waals surface area contributed by atoms with Crippen molar-refractivity contribution in [3.63, 3.8) is 0 Å². The molecule has 26 heavy (non-hydrogen) atoms. The zero-order valence-electron chi connectivity index (χ0n) is 14.7. The van der Waals surface area contributed by atoms with Crippen molar-refractivity contribution < 1.29 is 14.3 Å². The number of hydrogen-bond donors (Lipinski definition) is 0. The largest absolute Gasteiger partial charge is 0.461 e. The molecule has 3 heterocycles. The first kappa shape index (κ1) is 18.6. The van der Waals surface area contributed by atoms with Crippen LogP contribution in [0.5, 0.6) is 0 Å². The number of esters is 1. The Hall–Kier alpha value is -2.15. The highest BCUT2D eigenvalue weighted by Gasteiger charge is 2.23. The summed E-state index contributed by atoms with van der Waals surface area (Å²) in [6.07, 6.45) is 1.90. The molecule has 1 aliphatic rings. The van der Waals surface area contributed by atoms with E-state index in [9.17, 15) is 4.79 Å². The van der Waals surface area contributed by atoms with Crippen molar-refractivity contribution in [2.75, 3.05) is 32.9 Å². The lowest BCUT2D eigenvalue weighted by Gasteiger charge is -2.25. The lowest BCUT2D eigenvalue weighted by atomic mass is 10.2. The summed E-state index contributed by atoms with van der Waals surface area (Å²) in [6, 6.07) is 10.1. The van der Waals surface area contributed by atoms with Gasteiger partial charge in [-0.25, -0.2) is 9.78 Å². The number of nitrogens with zero attached hydrogens (tertiary/aromatic N) is 3. The van der Waals surface area contributed by atoms with Crippen LogP contribution in [0, 0.1) is 0 Å². The highest BCUT2D eigenvalue weighted by molar-refractivity contribution is 5.97. The Morgan fingerprint density at radius 3 is 2.77 bits per heavy atom. The summed E-state index contributed by atoms with van der Waals surface area (Å²) in [7, 11) is 0. The third-order valence-corrected chi connectivity index (χ3v) is 4.53. The Labute approximate surface area is 158 Å². The van der Waals surface area contributed by atoms with Gasteiger partial charge in [0.25, 0.3) is 0 Å². The molecule has 0 unspecified atom stereocenters. The summed E-state index contributed by atoms with van der Waals surface area (Å²) in [5.41, 5.74) is 2.08. The van der Waals surface area contributed by atoms with E-state index in [1.807, 2.05) is 41.8 Å². The van der Waals surface area contributed by atoms with Crippen molar-refractivity contribution in [1.82, 2.24) is 14.3 Å². The van der Waals surface area contributed by atoms with Gasteiger partial charge < -0.3 is 9.47 Å². The summed E-state index contributed by atoms with van der Waals surface area (Å²) >= 11 is 0. The van der Waals surface area contributed by atoms with Crippen molar-refractivity contribution >= 4 is 34.8 Å². The fraction of sp³-hybridized carbons (Fsp3) is 0.368. The zero-order valence-corrected chi connectivity index (χ0v) is 15.5. The molecule has 138 valence electrons. The molecule has 0 spiro atoms. The number of imidazole rings is 1. The molecule has 1 fully saturated rings. The van der Waals surface area contributed by atoms with Crippen molar-refractivity contribution in [3.05, 3.63) is 47.9 Å². The highest BCUT2D eigenvalue weighted by atomic mass is 35.5. The van der Waals surface area contributed by atoms with Crippen LogP contribution in [0.3, 0.4) is 0 Å². The minimum atomic E-state index is -0.325. The molecular weight excluding hydrogens is 354 g/mol. The zero-order chi connectivity index (χ0) is 17.2. The molecule has 0 N–H and O–H groups in total. The summed E-state index contributed by atoms with van der Waals surface area (Å²) < 4.78 is 12.6. The molecule has 0 amide bonds. The molecule has 0 saturated carbocycles. The first-order valence-electron chi connectivity index (χ1n) is 8.64. The maximum Gasteiger partial charge on any atom is 0.357 e. The first-order chi connectivity index (χ1) is 12.3. The number of aromatic nitrogens is 2. The molecule has 0 bridgehead atoms. The van der Waals surface area contributed by atoms with Crippen molar-refractivity contribution in [3.8, 4) is 0 Å². The molecule has 1 aliphatic heterocycles. The second-order valence-electron chi connectivity index (χ2n) is 6.11. The number of benzene rings is 1. The number of carbonyl (C=O) groups excluding carboxylic acids is 1. The van der Waals surface area contributed by atoms with Crippen LogP contribution < -0.4 is 0 Å². The van der Waals surface area contributed by atoms with Crippen LogP contribution in [0.25, 0.3) is 16.4 Å². The van der Waals surface area contributed by atoms with Gasteiger partial charge in [-0.1, -0.05) is 24.3 Å². The highest BCUT2D eigenvalue weighted by Crippen LogP contribution is 2.24. The van der Waals surface area contributed by atoms with E-state index >= 15 is 0 Å². The molecule has 0 aliphatic carbocycles. The van der Waals surface area contributed by atoms with Crippen LogP contribution in [0.15, 0.2) is 36.5 Å². The topological polar surface area (TPSA) is 56.1 Å². The number of fused-ring (bicyclic) bond motifs is 3. The van der Waals surface area contributed by atoms with Crippen molar-refractivity contribution in [2.45, 2.75) is 13.5 Å². The number of ether oxygens (including phenoxy) is 2. The summed E-state index contributed by atoms with van der Waals surface area (Å²) in [5.74, 6) is -0.325. The van der Waals surface area contributed by atoms with E-state index in [0.29, 0.717) is 32.1 Å². The maximum absolute atomic E-state index is 12.6. The molecule has 2 aromatic heterocycles. The summed E-state index contributed by atoms with van der Waals surface area (Å²) in [4.78, 5) is 19.7. The number of carbonyl (C=O) groups is 1. The van der Waals surface area contributed by atoms with Gasteiger partial charge in [0.15, 0.2) is 5.69 Å². The second-order valence-corrected chi connectivity index (χ2v) is 6.11. The second kappa shape index (κ2) is 8.03. The van der Waals surface area contributed by atoms with Gasteiger partial charge in [-0.3, -0.25) is 9.30 Å². The van der Waals surface area contributed by atoms with Gasteiger partial charge in [-0.05, 0) is 18.4 Å². The maximum atomic E-state index is 12.6. The van der Waals surface area contributed by atoms with E-state index in [2.05, 4.69) is 11.0 Å². The lowest BCUT2D eigenvalue weighted by Crippen LogP contribution is -2.36. The van der Waals surface area contributed by atoms with E-state index in [0.717, 1.165) is 35.2 Å². The normalized spacial score (nSPS) is 15.1. The molecule has 7 heteroatoms. The predicted octanol–water partition coefficient (Wildman–Crippen LogP) is 2.92. The SMILES string of the molecule is CCOC(=O)c1c(CN2CCOCC2)nc2c3ccccc3ccn12.Cl. The Bertz CT molecular complexity index is 919. The fourth-order valence-electron chi connectivity index (χ4n) is 3.31. The van der Waals surface area contributed by atoms with Crippen LogP contribution in [0.1, 0.15) is 23.1 Å². The quantitative estimate of drug-likeness (QED) is 0.656. The van der Waals surface area contributed by atoms with E-state index in [4.69, 9.17) is 14.5 Å². The third-order valence-electron chi connectivity index (χ3n) is 4.53. The van der Waals surface area contributed by atoms with Gasteiger partial charge in [0.1, 0.15) is 5.65 Å². The first-order valence-corrected chi connectivity index (χ1v) is 8.64. The molecule has 1 saturated heterocycles. The van der Waals surface area contributed by atoms with E-state index in [1.54, 1.807) is 0 Å². The number of morpholine rings is 1. The molecule has 3 aromatic rings. The molecule has 0 radical (unpaired) electrons. The van der Waals surface area contributed by atoms with Gasteiger partial charge in [0, 0.05) is 31.2 Å². The Morgan fingerprint density at radius 1 is 1.23 bits per heavy atom. The summed E-state index contributed by atoms with van der Waals surface area (Å²) in [5, 5.41) is 2.14. The molecule has 1 aromatic carbocycles. The minimum absolute atomic E-state index is 0. The van der Waals surface area contributed by atoms with Crippen molar-refractivity contribution in [1.29, 1.82) is 0 Å². The van der Waals surface area contributed by atoms with Crippen LogP contribution >= 0.6 is 12.4 Å². The summed E-state index contributed by atoms with van der Waals surface area (Å²) in [6.45, 7) is 5.90. The average Bonchev–Trinajstić information content (AvgIpc) is 3.01. The van der Waals surface area contributed by atoms with Crippen LogP contribution in [0.4, 0.5) is 0 Å². The molecule has 6 nitrogen and oxygen atoms in total.